The van der Waals surface area contributed by atoms with Crippen LogP contribution in [-0.4, -0.2) is 36.9 Å². The molecule has 0 aliphatic rings. The normalized spacial score (nSPS) is 11.8. The first-order valence-corrected chi connectivity index (χ1v) is 22.3. The average molecular weight is 706 g/mol. The number of unbranched alkanes of at least 4 members (excludes halogenated alkanes) is 27. The van der Waals surface area contributed by atoms with Gasteiger partial charge in [0.05, 0.1) is 0 Å². The van der Waals surface area contributed by atoms with Gasteiger partial charge in [0.1, 0.15) is 0 Å². The second kappa shape index (κ2) is 40.2. The van der Waals surface area contributed by atoms with Gasteiger partial charge in [0.15, 0.2) is 0 Å². The van der Waals surface area contributed by atoms with Crippen molar-refractivity contribution in [1.29, 1.82) is 0 Å². The molecule has 0 fully saturated rings. The molecular weight excluding hydrogens is 619 g/mol. The Labute approximate surface area is 312 Å². The van der Waals surface area contributed by atoms with Crippen molar-refractivity contribution >= 4 is 17.7 Å². The molecule has 50 heavy (non-hydrogen) atoms. The van der Waals surface area contributed by atoms with E-state index in [1.165, 1.54) is 141 Å². The molecule has 0 radical (unpaired) electrons. The van der Waals surface area contributed by atoms with Crippen LogP contribution in [0.5, 0.6) is 0 Å². The van der Waals surface area contributed by atoms with Crippen LogP contribution < -0.4 is 16.0 Å². The van der Waals surface area contributed by atoms with Gasteiger partial charge in [-0.05, 0) is 51.9 Å². The van der Waals surface area contributed by atoms with Crippen LogP contribution in [0.3, 0.4) is 0 Å². The number of hydrogen-bond acceptors (Lipinski definition) is 3. The molecule has 0 aromatic heterocycles. The second-order valence-corrected chi connectivity index (χ2v) is 15.5. The number of carbonyl (C=O) groups is 3. The highest BCUT2D eigenvalue weighted by molar-refractivity contribution is 5.76. The van der Waals surface area contributed by atoms with Gasteiger partial charge in [-0.25, -0.2) is 0 Å². The van der Waals surface area contributed by atoms with Crippen molar-refractivity contribution in [1.82, 2.24) is 16.0 Å². The van der Waals surface area contributed by atoms with E-state index in [9.17, 15) is 14.4 Å². The lowest BCUT2D eigenvalue weighted by molar-refractivity contribution is -0.122. The molecular formula is C44H87N3O3. The van der Waals surface area contributed by atoms with Crippen LogP contribution in [0.4, 0.5) is 0 Å². The van der Waals surface area contributed by atoms with Gasteiger partial charge in [-0.1, -0.05) is 174 Å². The fourth-order valence-electron chi connectivity index (χ4n) is 6.82. The summed E-state index contributed by atoms with van der Waals surface area (Å²) in [6.45, 7) is 8.05. The van der Waals surface area contributed by atoms with Crippen LogP contribution in [-0.2, 0) is 14.4 Å². The fraction of sp³-hybridized carbons (Fsp3) is 0.932. The van der Waals surface area contributed by atoms with Gasteiger partial charge in [-0.2, -0.15) is 0 Å². The van der Waals surface area contributed by atoms with Crippen molar-refractivity contribution in [2.45, 2.75) is 252 Å². The maximum Gasteiger partial charge on any atom is 0.220 e. The van der Waals surface area contributed by atoms with Crippen LogP contribution in [0, 0.1) is 0 Å². The predicted molar refractivity (Wildman–Crippen MR) is 217 cm³/mol. The standard InChI is InChI=1S/C44H87N3O3/c1-4-6-8-10-12-14-16-17-18-19-21-23-25-27-30-38-44(50)47-41(3)35-32-34-40-46-43(49)37-31-28-33-39-45-42(48)36-29-26-24-22-20-15-13-11-9-7-5-2/h41H,4-40H2,1-3H3,(H,45,48)(H,46,49)(H,47,50)/t41-/m1/s1. The molecule has 3 amide bonds. The summed E-state index contributed by atoms with van der Waals surface area (Å²) in [6.07, 6.45) is 41.9. The second-order valence-electron chi connectivity index (χ2n) is 15.5. The van der Waals surface area contributed by atoms with E-state index in [2.05, 4.69) is 36.7 Å². The van der Waals surface area contributed by atoms with Gasteiger partial charge in [0.25, 0.3) is 0 Å². The van der Waals surface area contributed by atoms with E-state index in [0.29, 0.717) is 32.4 Å². The van der Waals surface area contributed by atoms with Crippen molar-refractivity contribution < 1.29 is 14.4 Å². The SMILES string of the molecule is CCCCCCCCCCCCCCCCCC(=O)N[C@H](C)CCCCNC(=O)CCCCCNC(=O)CCCCCCCCCCCCC. The Bertz CT molecular complexity index is 744. The maximum atomic E-state index is 12.3. The van der Waals surface area contributed by atoms with Gasteiger partial charge in [0, 0.05) is 38.4 Å². The summed E-state index contributed by atoms with van der Waals surface area (Å²) < 4.78 is 0. The first kappa shape index (κ1) is 48.4. The Morgan fingerprint density at radius 3 is 1.00 bits per heavy atom. The largest absolute Gasteiger partial charge is 0.356 e. The van der Waals surface area contributed by atoms with Crippen molar-refractivity contribution in [3.63, 3.8) is 0 Å². The summed E-state index contributed by atoms with van der Waals surface area (Å²) in [5.74, 6) is 0.479. The Hall–Kier alpha value is -1.59. The highest BCUT2D eigenvalue weighted by Crippen LogP contribution is 2.14. The van der Waals surface area contributed by atoms with Gasteiger partial charge >= 0.3 is 0 Å². The van der Waals surface area contributed by atoms with Gasteiger partial charge < -0.3 is 16.0 Å². The summed E-state index contributed by atoms with van der Waals surface area (Å²) in [4.78, 5) is 36.5. The topological polar surface area (TPSA) is 87.3 Å². The maximum absolute atomic E-state index is 12.3. The molecule has 0 aliphatic heterocycles. The third-order valence-electron chi connectivity index (χ3n) is 10.2. The third kappa shape index (κ3) is 39.2. The number of rotatable bonds is 40. The predicted octanol–water partition coefficient (Wildman–Crippen LogP) is 12.4. The zero-order valence-corrected chi connectivity index (χ0v) is 34.0. The molecule has 0 bridgehead atoms. The van der Waals surface area contributed by atoms with E-state index in [1.54, 1.807) is 0 Å². The highest BCUT2D eigenvalue weighted by atomic mass is 16.2. The van der Waals surface area contributed by atoms with E-state index < -0.39 is 0 Å². The molecule has 6 heteroatoms. The van der Waals surface area contributed by atoms with E-state index >= 15 is 0 Å². The average Bonchev–Trinajstić information content (AvgIpc) is 3.10. The van der Waals surface area contributed by atoms with E-state index in [-0.39, 0.29) is 23.8 Å². The monoisotopic (exact) mass is 706 g/mol. The van der Waals surface area contributed by atoms with Crippen LogP contribution in [0.2, 0.25) is 0 Å². The molecule has 0 saturated carbocycles. The minimum Gasteiger partial charge on any atom is -0.356 e. The Kier molecular flexibility index (Phi) is 38.9. The van der Waals surface area contributed by atoms with E-state index in [4.69, 9.17) is 0 Å². The summed E-state index contributed by atoms with van der Waals surface area (Å²) in [5, 5.41) is 9.23. The summed E-state index contributed by atoms with van der Waals surface area (Å²) in [5.41, 5.74) is 0. The van der Waals surface area contributed by atoms with Crippen molar-refractivity contribution in [3.05, 3.63) is 0 Å². The van der Waals surface area contributed by atoms with Crippen molar-refractivity contribution in [2.75, 3.05) is 13.1 Å². The Morgan fingerprint density at radius 1 is 0.360 bits per heavy atom. The summed E-state index contributed by atoms with van der Waals surface area (Å²) in [7, 11) is 0. The molecule has 0 saturated heterocycles. The fourth-order valence-corrected chi connectivity index (χ4v) is 6.82. The van der Waals surface area contributed by atoms with E-state index in [1.807, 2.05) is 0 Å². The highest BCUT2D eigenvalue weighted by Gasteiger charge is 2.08. The third-order valence-corrected chi connectivity index (χ3v) is 10.2. The smallest absolute Gasteiger partial charge is 0.220 e. The molecule has 0 heterocycles. The number of nitrogens with one attached hydrogen (secondary N) is 3. The lowest BCUT2D eigenvalue weighted by atomic mass is 10.0. The van der Waals surface area contributed by atoms with Crippen LogP contribution >= 0.6 is 0 Å². The van der Waals surface area contributed by atoms with Gasteiger partial charge in [-0.3, -0.25) is 14.4 Å². The van der Waals surface area contributed by atoms with Crippen molar-refractivity contribution in [3.8, 4) is 0 Å². The van der Waals surface area contributed by atoms with Crippen LogP contribution in [0.15, 0.2) is 0 Å². The molecule has 0 rings (SSSR count). The molecule has 0 aliphatic carbocycles. The quantitative estimate of drug-likeness (QED) is 0.0555. The van der Waals surface area contributed by atoms with Gasteiger partial charge in [-0.15, -0.1) is 0 Å². The molecule has 0 aromatic rings. The lowest BCUT2D eigenvalue weighted by Crippen LogP contribution is -2.32. The molecule has 0 unspecified atom stereocenters. The Balaban J connectivity index is 3.42. The molecule has 6 nitrogen and oxygen atoms in total. The molecule has 0 aromatic carbocycles. The number of amides is 3. The first-order valence-electron chi connectivity index (χ1n) is 22.3. The summed E-state index contributed by atoms with van der Waals surface area (Å²) in [6, 6.07) is 0.190. The lowest BCUT2D eigenvalue weighted by Gasteiger charge is -2.14. The molecule has 1 atom stereocenters. The zero-order valence-electron chi connectivity index (χ0n) is 34.0. The molecule has 296 valence electrons. The minimum absolute atomic E-state index is 0.121. The summed E-state index contributed by atoms with van der Waals surface area (Å²) >= 11 is 0. The van der Waals surface area contributed by atoms with Crippen LogP contribution in [0.25, 0.3) is 0 Å². The van der Waals surface area contributed by atoms with E-state index in [0.717, 1.165) is 64.2 Å². The zero-order chi connectivity index (χ0) is 36.6. The number of hydrogen-bond donors (Lipinski definition) is 3. The molecule has 3 N–H and O–H groups in total. The minimum atomic E-state index is 0.121. The Morgan fingerprint density at radius 2 is 0.640 bits per heavy atom. The van der Waals surface area contributed by atoms with Crippen LogP contribution in [0.1, 0.15) is 245 Å². The first-order chi connectivity index (χ1) is 24.5. The van der Waals surface area contributed by atoms with Gasteiger partial charge in [0.2, 0.25) is 17.7 Å². The molecule has 0 spiro atoms. The van der Waals surface area contributed by atoms with Crippen molar-refractivity contribution in [2.24, 2.45) is 0 Å². The number of carbonyl (C=O) groups excluding carboxylic acids is 3.